The van der Waals surface area contributed by atoms with Crippen molar-refractivity contribution >= 4 is 17.7 Å². The van der Waals surface area contributed by atoms with Crippen LogP contribution < -0.4 is 0 Å². The molecule has 0 spiro atoms. The van der Waals surface area contributed by atoms with E-state index in [-0.39, 0.29) is 5.69 Å². The number of nitrogens with zero attached hydrogens (tertiary/aromatic N) is 1. The number of hydrogen-bond acceptors (Lipinski definition) is 4. The highest BCUT2D eigenvalue weighted by Crippen LogP contribution is 2.23. The normalized spacial score (nSPS) is 11.0. The third kappa shape index (κ3) is 4.02. The summed E-state index contributed by atoms with van der Waals surface area (Å²) in [5.41, 5.74) is -1.07. The van der Waals surface area contributed by atoms with Crippen LogP contribution in [-0.4, -0.2) is 10.9 Å². The SMILES string of the molecule is O=C(/C=C/c1ccc([N+](=O)[O-])cc1)OCc1c(F)c(F)c(F)c(F)c1F. The number of nitro benzene ring substituents is 1. The lowest BCUT2D eigenvalue weighted by molar-refractivity contribution is -0.384. The van der Waals surface area contributed by atoms with Gasteiger partial charge in [0.2, 0.25) is 5.82 Å². The topological polar surface area (TPSA) is 69.4 Å². The summed E-state index contributed by atoms with van der Waals surface area (Å²) in [4.78, 5) is 21.4. The van der Waals surface area contributed by atoms with E-state index in [2.05, 4.69) is 4.74 Å². The molecule has 0 aliphatic heterocycles. The van der Waals surface area contributed by atoms with E-state index in [0.717, 1.165) is 6.08 Å². The summed E-state index contributed by atoms with van der Waals surface area (Å²) in [5.74, 6) is -11.9. The molecule has 10 heteroatoms. The quantitative estimate of drug-likeness (QED) is 0.151. The summed E-state index contributed by atoms with van der Waals surface area (Å²) < 4.78 is 70.2. The predicted octanol–water partition coefficient (Wildman–Crippen LogP) is 4.05. The number of non-ortho nitro benzene ring substituents is 1. The van der Waals surface area contributed by atoms with Crippen molar-refractivity contribution in [3.05, 3.63) is 80.7 Å². The first-order valence-corrected chi connectivity index (χ1v) is 6.82. The Morgan fingerprint density at radius 1 is 0.962 bits per heavy atom. The first kappa shape index (κ1) is 19.0. The zero-order valence-electron chi connectivity index (χ0n) is 12.6. The molecular formula is C16H8F5NO4. The second-order valence-electron chi connectivity index (χ2n) is 4.84. The predicted molar refractivity (Wildman–Crippen MR) is 78.2 cm³/mol. The monoisotopic (exact) mass is 373 g/mol. The Hall–Kier alpha value is -3.30. The van der Waals surface area contributed by atoms with Gasteiger partial charge < -0.3 is 4.74 Å². The van der Waals surface area contributed by atoms with Crippen molar-refractivity contribution in [2.75, 3.05) is 0 Å². The fourth-order valence-electron chi connectivity index (χ4n) is 1.84. The van der Waals surface area contributed by atoms with Gasteiger partial charge in [0.1, 0.15) is 6.61 Å². The molecule has 0 saturated heterocycles. The molecule has 0 heterocycles. The van der Waals surface area contributed by atoms with Crippen LogP contribution in [0.4, 0.5) is 27.6 Å². The van der Waals surface area contributed by atoms with E-state index < -0.39 is 52.1 Å². The van der Waals surface area contributed by atoms with Crippen molar-refractivity contribution in [3.63, 3.8) is 0 Å². The maximum Gasteiger partial charge on any atom is 0.331 e. The zero-order valence-corrected chi connectivity index (χ0v) is 12.6. The summed E-state index contributed by atoms with van der Waals surface area (Å²) in [6.07, 6.45) is 2.01. The summed E-state index contributed by atoms with van der Waals surface area (Å²) in [5, 5.41) is 10.5. The van der Waals surface area contributed by atoms with Crippen LogP contribution in [0.2, 0.25) is 0 Å². The van der Waals surface area contributed by atoms with Crippen molar-refractivity contribution in [2.45, 2.75) is 6.61 Å². The van der Waals surface area contributed by atoms with E-state index in [1.807, 2.05) is 0 Å². The van der Waals surface area contributed by atoms with Gasteiger partial charge in [0, 0.05) is 18.2 Å². The zero-order chi connectivity index (χ0) is 19.4. The maximum absolute atomic E-state index is 13.4. The number of ether oxygens (including phenoxy) is 1. The van der Waals surface area contributed by atoms with Crippen LogP contribution >= 0.6 is 0 Å². The molecule has 0 saturated carbocycles. The maximum atomic E-state index is 13.4. The summed E-state index contributed by atoms with van der Waals surface area (Å²) in [6.45, 7) is -1.17. The van der Waals surface area contributed by atoms with Crippen LogP contribution in [0.5, 0.6) is 0 Å². The van der Waals surface area contributed by atoms with Crippen molar-refractivity contribution < 1.29 is 36.4 Å². The smallest absolute Gasteiger partial charge is 0.331 e. The van der Waals surface area contributed by atoms with Crippen molar-refractivity contribution in [3.8, 4) is 0 Å². The molecule has 2 aromatic carbocycles. The summed E-state index contributed by atoms with van der Waals surface area (Å²) in [6, 6.07) is 5.01. The van der Waals surface area contributed by atoms with Crippen LogP contribution in [0.3, 0.4) is 0 Å². The summed E-state index contributed by atoms with van der Waals surface area (Å²) >= 11 is 0. The minimum atomic E-state index is -2.31. The number of carbonyl (C=O) groups excluding carboxylic acids is 1. The Balaban J connectivity index is 2.06. The van der Waals surface area contributed by atoms with E-state index in [1.54, 1.807) is 0 Å². The average Bonchev–Trinajstić information content (AvgIpc) is 2.63. The van der Waals surface area contributed by atoms with Crippen LogP contribution in [0.15, 0.2) is 30.3 Å². The molecular weight excluding hydrogens is 365 g/mol. The van der Waals surface area contributed by atoms with Gasteiger partial charge in [0.15, 0.2) is 23.3 Å². The highest BCUT2D eigenvalue weighted by atomic mass is 19.2. The van der Waals surface area contributed by atoms with Gasteiger partial charge in [-0.1, -0.05) is 0 Å². The van der Waals surface area contributed by atoms with E-state index in [1.165, 1.54) is 30.3 Å². The summed E-state index contributed by atoms with van der Waals surface area (Å²) in [7, 11) is 0. The van der Waals surface area contributed by atoms with Crippen LogP contribution in [0, 0.1) is 39.2 Å². The van der Waals surface area contributed by atoms with Gasteiger partial charge in [-0.2, -0.15) is 0 Å². The molecule has 0 aliphatic carbocycles. The molecule has 2 rings (SSSR count). The molecule has 0 radical (unpaired) electrons. The van der Waals surface area contributed by atoms with Gasteiger partial charge in [-0.05, 0) is 23.8 Å². The lowest BCUT2D eigenvalue weighted by Gasteiger charge is -2.08. The van der Waals surface area contributed by atoms with E-state index in [0.29, 0.717) is 5.56 Å². The molecule has 5 nitrogen and oxygen atoms in total. The van der Waals surface area contributed by atoms with Crippen LogP contribution in [0.25, 0.3) is 6.08 Å². The van der Waals surface area contributed by atoms with Gasteiger partial charge in [0.25, 0.3) is 5.69 Å². The molecule has 0 aromatic heterocycles. The van der Waals surface area contributed by atoms with Gasteiger partial charge >= 0.3 is 5.97 Å². The number of nitro groups is 1. The Labute approximate surface area is 142 Å². The Kier molecular flexibility index (Phi) is 5.65. The van der Waals surface area contributed by atoms with Crippen molar-refractivity contribution in [1.29, 1.82) is 0 Å². The van der Waals surface area contributed by atoms with E-state index in [9.17, 15) is 36.9 Å². The Morgan fingerprint density at radius 2 is 1.46 bits per heavy atom. The number of esters is 1. The van der Waals surface area contributed by atoms with Gasteiger partial charge in [-0.15, -0.1) is 0 Å². The third-order valence-electron chi connectivity index (χ3n) is 3.18. The molecule has 2 aromatic rings. The minimum Gasteiger partial charge on any atom is -0.457 e. The largest absolute Gasteiger partial charge is 0.457 e. The van der Waals surface area contributed by atoms with E-state index in [4.69, 9.17) is 0 Å². The molecule has 136 valence electrons. The molecule has 0 aliphatic rings. The average molecular weight is 373 g/mol. The van der Waals surface area contributed by atoms with E-state index >= 15 is 0 Å². The fraction of sp³-hybridized carbons (Fsp3) is 0.0625. The number of hydrogen-bond donors (Lipinski definition) is 0. The molecule has 0 amide bonds. The van der Waals surface area contributed by atoms with Gasteiger partial charge in [-0.3, -0.25) is 10.1 Å². The van der Waals surface area contributed by atoms with Crippen molar-refractivity contribution in [2.24, 2.45) is 0 Å². The Morgan fingerprint density at radius 3 is 1.96 bits per heavy atom. The number of carbonyl (C=O) groups is 1. The molecule has 0 atom stereocenters. The lowest BCUT2D eigenvalue weighted by atomic mass is 10.2. The molecule has 0 fully saturated rings. The first-order valence-electron chi connectivity index (χ1n) is 6.82. The third-order valence-corrected chi connectivity index (χ3v) is 3.18. The highest BCUT2D eigenvalue weighted by molar-refractivity contribution is 5.87. The number of rotatable bonds is 5. The number of halogens is 5. The van der Waals surface area contributed by atoms with Gasteiger partial charge in [0.05, 0.1) is 10.5 Å². The minimum absolute atomic E-state index is 0.170. The molecule has 26 heavy (non-hydrogen) atoms. The Bertz CT molecular complexity index is 867. The molecule has 0 N–H and O–H groups in total. The number of benzene rings is 2. The standard InChI is InChI=1S/C16H8F5NO4/c17-12-10(13(18)15(20)16(21)14(12)19)7-26-11(23)6-3-8-1-4-9(5-2-8)22(24)25/h1-6H,7H2/b6-3+. The first-order chi connectivity index (χ1) is 12.2. The fourth-order valence-corrected chi connectivity index (χ4v) is 1.84. The second kappa shape index (κ2) is 7.72. The second-order valence-corrected chi connectivity index (χ2v) is 4.84. The van der Waals surface area contributed by atoms with Gasteiger partial charge in [-0.25, -0.2) is 26.7 Å². The van der Waals surface area contributed by atoms with Crippen molar-refractivity contribution in [1.82, 2.24) is 0 Å². The lowest BCUT2D eigenvalue weighted by Crippen LogP contribution is -2.10. The molecule has 0 unspecified atom stereocenters. The van der Waals surface area contributed by atoms with Crippen LogP contribution in [0.1, 0.15) is 11.1 Å². The highest BCUT2D eigenvalue weighted by Gasteiger charge is 2.26. The van der Waals surface area contributed by atoms with Crippen LogP contribution in [-0.2, 0) is 16.1 Å². The molecule has 0 bridgehead atoms.